The number of nitrogens with one attached hydrogen (secondary N) is 2. The third kappa shape index (κ3) is 4.91. The third-order valence-corrected chi connectivity index (χ3v) is 4.76. The van der Waals surface area contributed by atoms with Crippen LogP contribution in [0.3, 0.4) is 0 Å². The first-order chi connectivity index (χ1) is 7.96. The van der Waals surface area contributed by atoms with Gasteiger partial charge in [-0.2, -0.15) is 0 Å². The average Bonchev–Trinajstić information content (AvgIpc) is 2.63. The van der Waals surface area contributed by atoms with Gasteiger partial charge in [-0.15, -0.1) is 0 Å². The predicted octanol–water partition coefficient (Wildman–Crippen LogP) is -0.509. The number of amides is 2. The molecule has 100 valence electrons. The lowest BCUT2D eigenvalue weighted by molar-refractivity contribution is 0.213. The van der Waals surface area contributed by atoms with E-state index in [-0.39, 0.29) is 36.1 Å². The summed E-state index contributed by atoms with van der Waals surface area (Å²) < 4.78 is 22.4. The Balaban J connectivity index is 2.25. The van der Waals surface area contributed by atoms with Crippen molar-refractivity contribution in [3.8, 4) is 0 Å². The molecule has 0 aromatic carbocycles. The fraction of sp³-hybridized carbons (Fsp3) is 0.900. The largest absolute Gasteiger partial charge is 0.394 e. The molecule has 0 saturated carbocycles. The summed E-state index contributed by atoms with van der Waals surface area (Å²) in [7, 11) is -2.89. The van der Waals surface area contributed by atoms with Crippen molar-refractivity contribution in [1.29, 1.82) is 0 Å². The van der Waals surface area contributed by atoms with Crippen LogP contribution in [-0.2, 0) is 9.84 Å². The molecule has 0 aliphatic carbocycles. The molecule has 0 bridgehead atoms. The molecule has 0 radical (unpaired) electrons. The van der Waals surface area contributed by atoms with E-state index in [1.165, 1.54) is 0 Å². The zero-order valence-electron chi connectivity index (χ0n) is 9.98. The second-order valence-electron chi connectivity index (χ2n) is 4.41. The zero-order valence-corrected chi connectivity index (χ0v) is 10.8. The van der Waals surface area contributed by atoms with E-state index in [4.69, 9.17) is 5.11 Å². The Bertz CT molecular complexity index is 351. The minimum absolute atomic E-state index is 0.0138. The van der Waals surface area contributed by atoms with Gasteiger partial charge in [-0.25, -0.2) is 13.2 Å². The van der Waals surface area contributed by atoms with Gasteiger partial charge >= 0.3 is 6.03 Å². The van der Waals surface area contributed by atoms with Crippen LogP contribution in [0, 0.1) is 5.92 Å². The highest BCUT2D eigenvalue weighted by Gasteiger charge is 2.27. The average molecular weight is 264 g/mol. The lowest BCUT2D eigenvalue weighted by Crippen LogP contribution is -2.45. The lowest BCUT2D eigenvalue weighted by Gasteiger charge is -2.16. The van der Waals surface area contributed by atoms with Crippen molar-refractivity contribution < 1.29 is 18.3 Å². The molecule has 2 atom stereocenters. The van der Waals surface area contributed by atoms with E-state index in [2.05, 4.69) is 10.6 Å². The fourth-order valence-electron chi connectivity index (χ4n) is 1.78. The minimum atomic E-state index is -2.89. The van der Waals surface area contributed by atoms with Crippen LogP contribution in [0.2, 0.25) is 0 Å². The first-order valence-electron chi connectivity index (χ1n) is 5.82. The molecule has 1 aliphatic rings. The van der Waals surface area contributed by atoms with Gasteiger partial charge in [0.05, 0.1) is 24.2 Å². The zero-order chi connectivity index (χ0) is 12.9. The van der Waals surface area contributed by atoms with Crippen molar-refractivity contribution in [2.24, 2.45) is 5.92 Å². The molecule has 1 heterocycles. The second kappa shape index (κ2) is 6.20. The fourth-order valence-corrected chi connectivity index (χ4v) is 3.65. The van der Waals surface area contributed by atoms with Gasteiger partial charge in [0.2, 0.25) is 0 Å². The maximum atomic E-state index is 11.4. The third-order valence-electron chi connectivity index (χ3n) is 2.93. The van der Waals surface area contributed by atoms with Gasteiger partial charge in [-0.3, -0.25) is 0 Å². The molecule has 7 heteroatoms. The number of aliphatic hydroxyl groups excluding tert-OH is 1. The van der Waals surface area contributed by atoms with Gasteiger partial charge in [0, 0.05) is 6.54 Å². The highest BCUT2D eigenvalue weighted by Crippen LogP contribution is 2.17. The molecule has 2 unspecified atom stereocenters. The number of sulfone groups is 1. The molecular formula is C10H20N2O4S. The summed E-state index contributed by atoms with van der Waals surface area (Å²) in [6.45, 7) is 2.14. The van der Waals surface area contributed by atoms with Crippen LogP contribution in [0.25, 0.3) is 0 Å². The smallest absolute Gasteiger partial charge is 0.315 e. The Labute approximate surface area is 102 Å². The molecular weight excluding hydrogens is 244 g/mol. The molecule has 2 amide bonds. The van der Waals surface area contributed by atoms with Gasteiger partial charge in [0.25, 0.3) is 0 Å². The highest BCUT2D eigenvalue weighted by atomic mass is 32.2. The summed E-state index contributed by atoms with van der Waals surface area (Å²) in [5.74, 6) is 0.389. The standard InChI is InChI=1S/C10H20N2O4S/c1-2-9(6-13)12-10(14)11-5-8-3-4-17(15,16)7-8/h8-9,13H,2-7H2,1H3,(H2,11,12,14). The van der Waals surface area contributed by atoms with Gasteiger partial charge in [0.1, 0.15) is 0 Å². The van der Waals surface area contributed by atoms with E-state index in [0.29, 0.717) is 19.4 Å². The van der Waals surface area contributed by atoms with Crippen LogP contribution in [0.1, 0.15) is 19.8 Å². The number of aliphatic hydroxyl groups is 1. The monoisotopic (exact) mass is 264 g/mol. The van der Waals surface area contributed by atoms with Crippen molar-refractivity contribution in [3.63, 3.8) is 0 Å². The summed E-state index contributed by atoms with van der Waals surface area (Å²) in [5, 5.41) is 14.1. The maximum absolute atomic E-state index is 11.4. The van der Waals surface area contributed by atoms with E-state index >= 15 is 0 Å². The van der Waals surface area contributed by atoms with Crippen molar-refractivity contribution in [1.82, 2.24) is 10.6 Å². The quantitative estimate of drug-likeness (QED) is 0.623. The lowest BCUT2D eigenvalue weighted by atomic mass is 10.1. The van der Waals surface area contributed by atoms with Gasteiger partial charge in [-0.05, 0) is 18.8 Å². The van der Waals surface area contributed by atoms with Crippen LogP contribution in [0.5, 0.6) is 0 Å². The maximum Gasteiger partial charge on any atom is 0.315 e. The van der Waals surface area contributed by atoms with Crippen molar-refractivity contribution in [2.75, 3.05) is 24.7 Å². The molecule has 0 aromatic heterocycles. The summed E-state index contributed by atoms with van der Waals surface area (Å²) in [5.41, 5.74) is 0. The Morgan fingerprint density at radius 3 is 2.71 bits per heavy atom. The number of hydrogen-bond acceptors (Lipinski definition) is 4. The Kier molecular flexibility index (Phi) is 5.20. The predicted molar refractivity (Wildman–Crippen MR) is 64.5 cm³/mol. The number of hydrogen-bond donors (Lipinski definition) is 3. The van der Waals surface area contributed by atoms with Crippen molar-refractivity contribution in [2.45, 2.75) is 25.8 Å². The van der Waals surface area contributed by atoms with Gasteiger partial charge < -0.3 is 15.7 Å². The molecule has 1 fully saturated rings. The summed E-state index contributed by atoms with van der Waals surface area (Å²) in [4.78, 5) is 11.4. The number of carbonyl (C=O) groups excluding carboxylic acids is 1. The number of urea groups is 1. The SMILES string of the molecule is CCC(CO)NC(=O)NCC1CCS(=O)(=O)C1. The minimum Gasteiger partial charge on any atom is -0.394 e. The molecule has 17 heavy (non-hydrogen) atoms. The molecule has 0 spiro atoms. The van der Waals surface area contributed by atoms with E-state index in [1.54, 1.807) is 0 Å². The molecule has 1 aliphatic heterocycles. The molecule has 1 rings (SSSR count). The van der Waals surface area contributed by atoms with E-state index in [1.807, 2.05) is 6.92 Å². The first kappa shape index (κ1) is 14.2. The van der Waals surface area contributed by atoms with Crippen molar-refractivity contribution in [3.05, 3.63) is 0 Å². The van der Waals surface area contributed by atoms with Crippen LogP contribution in [0.4, 0.5) is 4.79 Å². The molecule has 1 saturated heterocycles. The highest BCUT2D eigenvalue weighted by molar-refractivity contribution is 7.91. The summed E-state index contributed by atoms with van der Waals surface area (Å²) in [6.07, 6.45) is 1.27. The normalized spacial score (nSPS) is 24.2. The molecule has 6 nitrogen and oxygen atoms in total. The van der Waals surface area contributed by atoms with E-state index in [0.717, 1.165) is 0 Å². The van der Waals surface area contributed by atoms with E-state index in [9.17, 15) is 13.2 Å². The summed E-state index contributed by atoms with van der Waals surface area (Å²) >= 11 is 0. The Hall–Kier alpha value is -0.820. The van der Waals surface area contributed by atoms with Crippen LogP contribution in [-0.4, -0.2) is 50.3 Å². The van der Waals surface area contributed by atoms with E-state index < -0.39 is 9.84 Å². The van der Waals surface area contributed by atoms with Gasteiger partial charge in [-0.1, -0.05) is 6.92 Å². The second-order valence-corrected chi connectivity index (χ2v) is 6.64. The Morgan fingerprint density at radius 1 is 1.53 bits per heavy atom. The summed E-state index contributed by atoms with van der Waals surface area (Å²) in [6, 6.07) is -0.600. The number of carbonyl (C=O) groups is 1. The first-order valence-corrected chi connectivity index (χ1v) is 7.64. The molecule has 3 N–H and O–H groups in total. The molecule has 0 aromatic rings. The van der Waals surface area contributed by atoms with Crippen LogP contribution < -0.4 is 10.6 Å². The van der Waals surface area contributed by atoms with Gasteiger partial charge in [0.15, 0.2) is 9.84 Å². The van der Waals surface area contributed by atoms with Crippen LogP contribution >= 0.6 is 0 Å². The Morgan fingerprint density at radius 2 is 2.24 bits per heavy atom. The van der Waals surface area contributed by atoms with Crippen LogP contribution in [0.15, 0.2) is 0 Å². The van der Waals surface area contributed by atoms with Crippen molar-refractivity contribution >= 4 is 15.9 Å². The number of rotatable bonds is 5. The topological polar surface area (TPSA) is 95.5 Å².